The fraction of sp³-hybridized carbons (Fsp3) is 0.333. The third-order valence-corrected chi connectivity index (χ3v) is 3.55. The minimum atomic E-state index is -4.10. The summed E-state index contributed by atoms with van der Waals surface area (Å²) < 4.78 is 10.1. The number of benzene rings is 1. The summed E-state index contributed by atoms with van der Waals surface area (Å²) in [7, 11) is -0.777. The molecule has 0 aromatic heterocycles. The lowest BCUT2D eigenvalue weighted by Gasteiger charge is -2.12. The normalized spacial score (nSPS) is 10.4. The van der Waals surface area contributed by atoms with E-state index in [-0.39, 0.29) is 6.03 Å². The summed E-state index contributed by atoms with van der Waals surface area (Å²) in [6.07, 6.45) is -0.598. The van der Waals surface area contributed by atoms with Gasteiger partial charge in [-0.25, -0.2) is 4.79 Å². The molecule has 0 spiro atoms. The van der Waals surface area contributed by atoms with Gasteiger partial charge in [-0.3, -0.25) is 14.7 Å². The summed E-state index contributed by atoms with van der Waals surface area (Å²) in [5.74, 6) is -1.14. The zero-order valence-corrected chi connectivity index (χ0v) is 15.3. The van der Waals surface area contributed by atoms with Crippen molar-refractivity contribution in [3.05, 3.63) is 28.2 Å². The van der Waals surface area contributed by atoms with E-state index in [1.165, 1.54) is 4.90 Å². The molecule has 0 aliphatic rings. The molecule has 9 nitrogen and oxygen atoms in total. The highest BCUT2D eigenvalue weighted by Gasteiger charge is 2.11. The van der Waals surface area contributed by atoms with Crippen molar-refractivity contribution in [2.45, 2.75) is 0 Å². The van der Waals surface area contributed by atoms with E-state index in [0.717, 1.165) is 0 Å². The maximum atomic E-state index is 11.2. The molecule has 0 aliphatic heterocycles. The Kier molecular flexibility index (Phi) is 9.91. The summed E-state index contributed by atoms with van der Waals surface area (Å²) in [4.78, 5) is 38.8. The van der Waals surface area contributed by atoms with E-state index in [2.05, 4.69) is 10.6 Å². The standard InChI is InChI=1S/C9H10Cl2N2O.C3H8NO5P/c1-13(2)9(14)12-6-3-4-7(10)8(11)5-6;5-3(6)1-4-2-10(7,8)9/h3-5H,1-2H3,(H,12,14);4H,1-2H2,(H,5,6)(H2,7,8,9). The van der Waals surface area contributed by atoms with Crippen molar-refractivity contribution in [2.75, 3.05) is 32.2 Å². The second-order valence-corrected chi connectivity index (χ2v) is 7.06. The number of nitrogens with one attached hydrogen (secondary N) is 2. The quantitative estimate of drug-likeness (QED) is 0.474. The molecule has 1 rings (SSSR count). The molecule has 0 saturated carbocycles. The highest BCUT2D eigenvalue weighted by Crippen LogP contribution is 2.31. The second kappa shape index (κ2) is 10.5. The number of hydrogen-bond donors (Lipinski definition) is 5. The van der Waals surface area contributed by atoms with Gasteiger partial charge in [0.2, 0.25) is 0 Å². The number of halogens is 2. The Hall–Kier alpha value is -1.35. The molecule has 0 unspecified atom stereocenters. The molecule has 0 atom stereocenters. The van der Waals surface area contributed by atoms with Crippen molar-refractivity contribution >= 4 is 48.5 Å². The fourth-order valence-corrected chi connectivity index (χ4v) is 1.82. The molecule has 0 saturated heterocycles. The van der Waals surface area contributed by atoms with E-state index in [1.807, 2.05) is 0 Å². The van der Waals surface area contributed by atoms with Gasteiger partial charge in [0.1, 0.15) is 0 Å². The molecule has 0 bridgehead atoms. The number of amides is 2. The first-order valence-electron chi connectivity index (χ1n) is 6.33. The lowest BCUT2D eigenvalue weighted by Crippen LogP contribution is -2.27. The number of carboxylic acids is 1. The average Bonchev–Trinajstić information content (AvgIpc) is 2.41. The van der Waals surface area contributed by atoms with Crippen LogP contribution in [0.25, 0.3) is 0 Å². The summed E-state index contributed by atoms with van der Waals surface area (Å²) in [5, 5.41) is 13.6. The molecule has 1 aromatic rings. The van der Waals surface area contributed by atoms with Gasteiger partial charge in [0, 0.05) is 19.8 Å². The van der Waals surface area contributed by atoms with Crippen LogP contribution in [-0.4, -0.2) is 58.7 Å². The van der Waals surface area contributed by atoms with Crippen LogP contribution in [0.4, 0.5) is 10.5 Å². The molecule has 0 radical (unpaired) electrons. The van der Waals surface area contributed by atoms with Crippen LogP contribution in [0.15, 0.2) is 18.2 Å². The number of aliphatic carboxylic acids is 1. The smallest absolute Gasteiger partial charge is 0.339 e. The molecular formula is C12H18Cl2N3O6P. The minimum Gasteiger partial charge on any atom is -0.480 e. The van der Waals surface area contributed by atoms with E-state index in [9.17, 15) is 14.2 Å². The first kappa shape index (κ1) is 22.6. The van der Waals surface area contributed by atoms with Crippen molar-refractivity contribution in [1.29, 1.82) is 0 Å². The van der Waals surface area contributed by atoms with Crippen LogP contribution in [0.2, 0.25) is 10.0 Å². The van der Waals surface area contributed by atoms with Crippen molar-refractivity contribution in [3.63, 3.8) is 0 Å². The van der Waals surface area contributed by atoms with Crippen LogP contribution in [0, 0.1) is 0 Å². The molecule has 136 valence electrons. The van der Waals surface area contributed by atoms with Gasteiger partial charge < -0.3 is 25.1 Å². The monoisotopic (exact) mass is 401 g/mol. The van der Waals surface area contributed by atoms with Gasteiger partial charge in [0.25, 0.3) is 0 Å². The van der Waals surface area contributed by atoms with E-state index < -0.39 is 26.4 Å². The Morgan fingerprint density at radius 1 is 1.21 bits per heavy atom. The maximum Gasteiger partial charge on any atom is 0.339 e. The van der Waals surface area contributed by atoms with E-state index in [0.29, 0.717) is 15.7 Å². The van der Waals surface area contributed by atoms with E-state index in [1.54, 1.807) is 32.3 Å². The van der Waals surface area contributed by atoms with Crippen LogP contribution in [0.5, 0.6) is 0 Å². The highest BCUT2D eigenvalue weighted by molar-refractivity contribution is 7.51. The first-order valence-corrected chi connectivity index (χ1v) is 8.88. The molecule has 0 fully saturated rings. The van der Waals surface area contributed by atoms with Crippen LogP contribution < -0.4 is 10.6 Å². The fourth-order valence-electron chi connectivity index (χ4n) is 1.12. The summed E-state index contributed by atoms with van der Waals surface area (Å²) >= 11 is 11.5. The molecular weight excluding hydrogens is 384 g/mol. The number of urea groups is 1. The third-order valence-electron chi connectivity index (χ3n) is 2.17. The lowest BCUT2D eigenvalue weighted by molar-refractivity contribution is -0.135. The van der Waals surface area contributed by atoms with Gasteiger partial charge in [0.15, 0.2) is 0 Å². The minimum absolute atomic E-state index is 0.205. The Morgan fingerprint density at radius 2 is 1.79 bits per heavy atom. The molecule has 0 aliphatic carbocycles. The second-order valence-electron chi connectivity index (χ2n) is 4.60. The van der Waals surface area contributed by atoms with Gasteiger partial charge in [-0.2, -0.15) is 0 Å². The number of carboxylic acid groups (broad SMARTS) is 1. The third kappa shape index (κ3) is 11.2. The Balaban J connectivity index is 0.000000470. The van der Waals surface area contributed by atoms with Crippen LogP contribution in [-0.2, 0) is 9.36 Å². The largest absolute Gasteiger partial charge is 0.480 e. The Bertz CT molecular complexity index is 623. The highest BCUT2D eigenvalue weighted by atomic mass is 35.5. The Morgan fingerprint density at radius 3 is 2.21 bits per heavy atom. The number of hydrogen-bond acceptors (Lipinski definition) is 4. The van der Waals surface area contributed by atoms with Gasteiger partial charge in [-0.15, -0.1) is 0 Å². The van der Waals surface area contributed by atoms with Gasteiger partial charge in [0.05, 0.1) is 22.9 Å². The van der Waals surface area contributed by atoms with Crippen molar-refractivity contribution < 1.29 is 29.0 Å². The van der Waals surface area contributed by atoms with Crippen LogP contribution in [0.1, 0.15) is 0 Å². The summed E-state index contributed by atoms with van der Waals surface area (Å²) in [6.45, 7) is -0.439. The van der Waals surface area contributed by atoms with Crippen LogP contribution in [0.3, 0.4) is 0 Å². The zero-order chi connectivity index (χ0) is 18.9. The number of carbonyl (C=O) groups is 2. The van der Waals surface area contributed by atoms with Gasteiger partial charge in [-0.1, -0.05) is 23.2 Å². The molecule has 1 aromatic carbocycles. The number of nitrogens with zero attached hydrogens (tertiary/aromatic N) is 1. The topological polar surface area (TPSA) is 139 Å². The van der Waals surface area contributed by atoms with Crippen molar-refractivity contribution in [2.24, 2.45) is 0 Å². The first-order chi connectivity index (χ1) is 10.9. The predicted octanol–water partition coefficient (Wildman–Crippen LogP) is 1.88. The summed E-state index contributed by atoms with van der Waals surface area (Å²) in [6, 6.07) is 4.72. The molecule has 24 heavy (non-hydrogen) atoms. The van der Waals surface area contributed by atoms with Crippen molar-refractivity contribution in [1.82, 2.24) is 10.2 Å². The maximum absolute atomic E-state index is 11.2. The number of carbonyl (C=O) groups excluding carboxylic acids is 1. The number of rotatable bonds is 5. The Labute approximate surface area is 148 Å². The van der Waals surface area contributed by atoms with Gasteiger partial charge >= 0.3 is 19.6 Å². The van der Waals surface area contributed by atoms with E-state index >= 15 is 0 Å². The molecule has 12 heteroatoms. The average molecular weight is 402 g/mol. The SMILES string of the molecule is CN(C)C(=O)Nc1ccc(Cl)c(Cl)c1.O=C(O)CNCP(=O)(O)O. The van der Waals surface area contributed by atoms with Gasteiger partial charge in [-0.05, 0) is 18.2 Å². The summed E-state index contributed by atoms with van der Waals surface area (Å²) in [5.41, 5.74) is 0.623. The molecule has 0 heterocycles. The predicted molar refractivity (Wildman–Crippen MR) is 91.7 cm³/mol. The lowest BCUT2D eigenvalue weighted by atomic mass is 10.3. The zero-order valence-electron chi connectivity index (χ0n) is 12.9. The molecule has 2 amide bonds. The van der Waals surface area contributed by atoms with E-state index in [4.69, 9.17) is 38.1 Å². The van der Waals surface area contributed by atoms with Crippen molar-refractivity contribution in [3.8, 4) is 0 Å². The number of anilines is 1. The molecule has 5 N–H and O–H groups in total. The van der Waals surface area contributed by atoms with Crippen LogP contribution >= 0.6 is 30.8 Å².